The highest BCUT2D eigenvalue weighted by molar-refractivity contribution is 6.19. The Labute approximate surface area is 282 Å². The summed E-state index contributed by atoms with van der Waals surface area (Å²) in [6.07, 6.45) is 0. The summed E-state index contributed by atoms with van der Waals surface area (Å²) in [4.78, 5) is 7.21. The molecule has 4 heteroatoms. The molecule has 0 fully saturated rings. The number of para-hydroxylation sites is 1. The third-order valence-electron chi connectivity index (χ3n) is 9.47. The summed E-state index contributed by atoms with van der Waals surface area (Å²) >= 11 is 0. The van der Waals surface area contributed by atoms with Gasteiger partial charge < -0.3 is 13.7 Å². The van der Waals surface area contributed by atoms with E-state index >= 15 is 0 Å². The van der Waals surface area contributed by atoms with Crippen molar-refractivity contribution in [2.75, 3.05) is 4.90 Å². The highest BCUT2D eigenvalue weighted by Gasteiger charge is 2.18. The quantitative estimate of drug-likeness (QED) is 0.178. The fourth-order valence-electron chi connectivity index (χ4n) is 7.09. The van der Waals surface area contributed by atoms with Crippen molar-refractivity contribution in [3.05, 3.63) is 170 Å². The van der Waals surface area contributed by atoms with Gasteiger partial charge in [0.25, 0.3) is 0 Å². The molecule has 0 N–H and O–H groups in total. The van der Waals surface area contributed by atoms with Crippen molar-refractivity contribution in [3.8, 4) is 22.6 Å². The molecule has 4 nitrogen and oxygen atoms in total. The second kappa shape index (κ2) is 11.0. The Bertz CT molecular complexity index is 2820. The van der Waals surface area contributed by atoms with E-state index in [2.05, 4.69) is 120 Å². The Kier molecular flexibility index (Phi) is 6.15. The average Bonchev–Trinajstić information content (AvgIpc) is 3.78. The number of benzene rings is 8. The molecule has 0 aliphatic heterocycles. The summed E-state index contributed by atoms with van der Waals surface area (Å²) in [7, 11) is 0. The first-order chi connectivity index (χ1) is 24.3. The van der Waals surface area contributed by atoms with Crippen LogP contribution in [0.1, 0.15) is 0 Å². The van der Waals surface area contributed by atoms with Crippen LogP contribution in [0.2, 0.25) is 0 Å². The summed E-state index contributed by atoms with van der Waals surface area (Å²) in [6.45, 7) is 0. The van der Waals surface area contributed by atoms with E-state index in [1.807, 2.05) is 54.6 Å². The SMILES string of the molecule is c1ccc(-c2ccc(N(c3ccc4oc5ccccc5c4c3)c3ccc4ccc5ccc6nc(-c7ccccc7)oc6c5c4c3)cc2)cc1. The molecule has 0 saturated carbocycles. The van der Waals surface area contributed by atoms with E-state index in [0.717, 1.165) is 77.2 Å². The number of hydrogen-bond donors (Lipinski definition) is 0. The van der Waals surface area contributed by atoms with Gasteiger partial charge in [-0.25, -0.2) is 4.98 Å². The number of nitrogens with zero attached hydrogens (tertiary/aromatic N) is 2. The van der Waals surface area contributed by atoms with Gasteiger partial charge in [0, 0.05) is 38.8 Å². The van der Waals surface area contributed by atoms with Crippen LogP contribution < -0.4 is 4.90 Å². The molecule has 0 aliphatic carbocycles. The molecule has 0 saturated heterocycles. The molecule has 10 aromatic rings. The van der Waals surface area contributed by atoms with Gasteiger partial charge in [-0.1, -0.05) is 103 Å². The normalized spacial score (nSPS) is 11.7. The van der Waals surface area contributed by atoms with Gasteiger partial charge >= 0.3 is 0 Å². The highest BCUT2D eigenvalue weighted by Crippen LogP contribution is 2.42. The van der Waals surface area contributed by atoms with Crippen LogP contribution in [0.25, 0.3) is 77.2 Å². The standard InChI is InChI=1S/C45H28N2O2/c1-3-9-29(10-4-1)30-17-21-34(22-18-30)47(36-24-26-42-39(28-36)37-13-7-8-14-41(37)48-42)35-23-19-31-15-16-32-20-25-40-44(43(32)38(31)27-35)49-45(46-40)33-11-5-2-6-12-33/h1-28H. The maximum atomic E-state index is 6.55. The van der Waals surface area contributed by atoms with Gasteiger partial charge in [0.15, 0.2) is 5.58 Å². The van der Waals surface area contributed by atoms with Crippen LogP contribution in [0.15, 0.2) is 179 Å². The predicted molar refractivity (Wildman–Crippen MR) is 202 cm³/mol. The maximum Gasteiger partial charge on any atom is 0.227 e. The Morgan fingerprint density at radius 3 is 1.82 bits per heavy atom. The van der Waals surface area contributed by atoms with Gasteiger partial charge in [-0.3, -0.25) is 0 Å². The molecule has 8 aromatic carbocycles. The Morgan fingerprint density at radius 1 is 0.408 bits per heavy atom. The van der Waals surface area contributed by atoms with Crippen LogP contribution in [0.3, 0.4) is 0 Å². The molecule has 0 bridgehead atoms. The van der Waals surface area contributed by atoms with Gasteiger partial charge in [0.2, 0.25) is 5.89 Å². The van der Waals surface area contributed by atoms with Crippen molar-refractivity contribution in [3.63, 3.8) is 0 Å². The molecule has 0 unspecified atom stereocenters. The summed E-state index contributed by atoms with van der Waals surface area (Å²) in [5.74, 6) is 0.622. The minimum absolute atomic E-state index is 0.622. The molecule has 10 rings (SSSR count). The third kappa shape index (κ3) is 4.57. The van der Waals surface area contributed by atoms with Crippen LogP contribution >= 0.6 is 0 Å². The second-order valence-corrected chi connectivity index (χ2v) is 12.4. The monoisotopic (exact) mass is 628 g/mol. The summed E-state index contributed by atoms with van der Waals surface area (Å²) in [6, 6.07) is 59.3. The molecule has 2 aromatic heterocycles. The topological polar surface area (TPSA) is 42.4 Å². The van der Waals surface area contributed by atoms with Gasteiger partial charge in [-0.15, -0.1) is 0 Å². The first-order valence-electron chi connectivity index (χ1n) is 16.5. The number of oxazole rings is 1. The zero-order valence-corrected chi connectivity index (χ0v) is 26.4. The molecule has 0 spiro atoms. The fraction of sp³-hybridized carbons (Fsp3) is 0. The van der Waals surface area contributed by atoms with Crippen LogP contribution in [-0.2, 0) is 0 Å². The fourth-order valence-corrected chi connectivity index (χ4v) is 7.09. The number of rotatable bonds is 5. The lowest BCUT2D eigenvalue weighted by molar-refractivity contribution is 0.623. The Morgan fingerprint density at radius 2 is 1.00 bits per heavy atom. The van der Waals surface area contributed by atoms with Crippen molar-refractivity contribution in [1.29, 1.82) is 0 Å². The van der Waals surface area contributed by atoms with Crippen molar-refractivity contribution in [2.45, 2.75) is 0 Å². The first kappa shape index (κ1) is 27.5. The Balaban J connectivity index is 1.19. The molecule has 0 atom stereocenters. The van der Waals surface area contributed by atoms with Crippen molar-refractivity contribution >= 4 is 71.6 Å². The van der Waals surface area contributed by atoms with Crippen LogP contribution in [0.4, 0.5) is 17.1 Å². The van der Waals surface area contributed by atoms with E-state index in [-0.39, 0.29) is 0 Å². The lowest BCUT2D eigenvalue weighted by atomic mass is 9.99. The van der Waals surface area contributed by atoms with Crippen molar-refractivity contribution < 1.29 is 8.83 Å². The van der Waals surface area contributed by atoms with E-state index < -0.39 is 0 Å². The third-order valence-corrected chi connectivity index (χ3v) is 9.47. The average molecular weight is 629 g/mol. The molecule has 0 aliphatic rings. The molecule has 0 amide bonds. The van der Waals surface area contributed by atoms with Gasteiger partial charge in [-0.05, 0) is 94.0 Å². The Hall–Kier alpha value is -6.65. The van der Waals surface area contributed by atoms with Crippen LogP contribution in [0.5, 0.6) is 0 Å². The number of hydrogen-bond acceptors (Lipinski definition) is 4. The van der Waals surface area contributed by atoms with Crippen LogP contribution in [-0.4, -0.2) is 4.98 Å². The zero-order chi connectivity index (χ0) is 32.3. The van der Waals surface area contributed by atoms with Gasteiger partial charge in [0.1, 0.15) is 16.7 Å². The number of furan rings is 1. The van der Waals surface area contributed by atoms with Gasteiger partial charge in [0.05, 0.1) is 0 Å². The maximum absolute atomic E-state index is 6.55. The number of fused-ring (bicyclic) bond motifs is 8. The minimum atomic E-state index is 0.622. The molecule has 0 radical (unpaired) electrons. The van der Waals surface area contributed by atoms with Crippen LogP contribution in [0, 0.1) is 0 Å². The highest BCUT2D eigenvalue weighted by atomic mass is 16.3. The minimum Gasteiger partial charge on any atom is -0.456 e. The van der Waals surface area contributed by atoms with E-state index in [0.29, 0.717) is 5.89 Å². The van der Waals surface area contributed by atoms with E-state index in [1.165, 1.54) is 11.1 Å². The molecule has 230 valence electrons. The molecule has 49 heavy (non-hydrogen) atoms. The summed E-state index contributed by atoms with van der Waals surface area (Å²) < 4.78 is 12.8. The lowest BCUT2D eigenvalue weighted by Gasteiger charge is -2.26. The van der Waals surface area contributed by atoms with E-state index in [1.54, 1.807) is 0 Å². The number of aromatic nitrogens is 1. The summed E-state index contributed by atoms with van der Waals surface area (Å²) in [5.41, 5.74) is 9.86. The van der Waals surface area contributed by atoms with Crippen molar-refractivity contribution in [1.82, 2.24) is 4.98 Å². The molecular formula is C45H28N2O2. The summed E-state index contributed by atoms with van der Waals surface area (Å²) in [5, 5.41) is 6.60. The first-order valence-corrected chi connectivity index (χ1v) is 16.5. The number of anilines is 3. The lowest BCUT2D eigenvalue weighted by Crippen LogP contribution is -2.09. The largest absolute Gasteiger partial charge is 0.456 e. The van der Waals surface area contributed by atoms with Crippen molar-refractivity contribution in [2.24, 2.45) is 0 Å². The zero-order valence-electron chi connectivity index (χ0n) is 26.4. The molecule has 2 heterocycles. The predicted octanol–water partition coefficient (Wildman–Crippen LogP) is 12.8. The van der Waals surface area contributed by atoms with E-state index in [9.17, 15) is 0 Å². The molecular weight excluding hydrogens is 601 g/mol. The van der Waals surface area contributed by atoms with Gasteiger partial charge in [-0.2, -0.15) is 0 Å². The smallest absolute Gasteiger partial charge is 0.227 e. The van der Waals surface area contributed by atoms with E-state index in [4.69, 9.17) is 13.8 Å². The second-order valence-electron chi connectivity index (χ2n) is 12.4.